The Labute approximate surface area is 135 Å². The third-order valence-corrected chi connectivity index (χ3v) is 4.83. The molecule has 2 aromatic carbocycles. The quantitative estimate of drug-likeness (QED) is 0.804. The molecule has 0 N–H and O–H groups in total. The molecule has 6 heteroatoms. The van der Waals surface area contributed by atoms with E-state index in [-0.39, 0.29) is 4.90 Å². The minimum absolute atomic E-state index is 0.120. The molecule has 0 spiro atoms. The first-order chi connectivity index (χ1) is 11.0. The Morgan fingerprint density at radius 2 is 1.74 bits per heavy atom. The van der Waals surface area contributed by atoms with Gasteiger partial charge in [0.2, 0.25) is 0 Å². The molecule has 5 nitrogen and oxygen atoms in total. The van der Waals surface area contributed by atoms with Gasteiger partial charge < -0.3 is 9.47 Å². The van der Waals surface area contributed by atoms with Crippen LogP contribution in [0.5, 0.6) is 0 Å². The maximum atomic E-state index is 12.3. The number of rotatable bonds is 4. The fourth-order valence-electron chi connectivity index (χ4n) is 2.27. The fraction of sp³-hybridized carbons (Fsp3) is 0.294. The molecule has 0 unspecified atom stereocenters. The number of ether oxygens (including phenoxy) is 2. The molecule has 0 aromatic heterocycles. The lowest BCUT2D eigenvalue weighted by Crippen LogP contribution is -2.31. The monoisotopic (exact) mass is 334 g/mol. The van der Waals surface area contributed by atoms with Crippen LogP contribution in [0.3, 0.4) is 0 Å². The summed E-state index contributed by atoms with van der Waals surface area (Å²) < 4.78 is 41.0. The normalized spacial score (nSPS) is 22.0. The van der Waals surface area contributed by atoms with Gasteiger partial charge in [-0.15, -0.1) is 0 Å². The van der Waals surface area contributed by atoms with Crippen LogP contribution in [0.4, 0.5) is 0 Å². The van der Waals surface area contributed by atoms with E-state index in [0.29, 0.717) is 13.0 Å². The lowest BCUT2D eigenvalue weighted by molar-refractivity contribution is -0.264. The lowest BCUT2D eigenvalue weighted by atomic mass is 10.2. The van der Waals surface area contributed by atoms with Crippen LogP contribution in [0, 0.1) is 6.92 Å². The van der Waals surface area contributed by atoms with Crippen molar-refractivity contribution >= 4 is 10.1 Å². The Kier molecular flexibility index (Phi) is 4.77. The van der Waals surface area contributed by atoms with Gasteiger partial charge in [0, 0.05) is 12.0 Å². The van der Waals surface area contributed by atoms with Gasteiger partial charge in [0.05, 0.1) is 11.5 Å². The van der Waals surface area contributed by atoms with Gasteiger partial charge in [-0.1, -0.05) is 48.0 Å². The molecule has 0 bridgehead atoms. The Hall–Kier alpha value is -1.73. The van der Waals surface area contributed by atoms with E-state index in [0.717, 1.165) is 11.1 Å². The predicted molar refractivity (Wildman–Crippen MR) is 84.1 cm³/mol. The molecule has 0 aliphatic carbocycles. The molecule has 1 aliphatic rings. The largest absolute Gasteiger partial charge is 0.348 e. The molecular weight excluding hydrogens is 316 g/mol. The van der Waals surface area contributed by atoms with Gasteiger partial charge >= 0.3 is 0 Å². The van der Waals surface area contributed by atoms with Crippen molar-refractivity contribution in [2.75, 3.05) is 6.61 Å². The summed E-state index contributed by atoms with van der Waals surface area (Å²) in [6.45, 7) is 2.26. The van der Waals surface area contributed by atoms with E-state index in [1.165, 1.54) is 12.1 Å². The smallest absolute Gasteiger partial charge is 0.299 e. The van der Waals surface area contributed by atoms with Crippen molar-refractivity contribution < 1.29 is 22.1 Å². The summed E-state index contributed by atoms with van der Waals surface area (Å²) in [5.74, 6) is 0. The van der Waals surface area contributed by atoms with Crippen molar-refractivity contribution in [3.05, 3.63) is 65.7 Å². The van der Waals surface area contributed by atoms with Crippen LogP contribution in [0.1, 0.15) is 23.8 Å². The fourth-order valence-corrected chi connectivity index (χ4v) is 3.28. The van der Waals surface area contributed by atoms with Crippen molar-refractivity contribution in [1.82, 2.24) is 0 Å². The van der Waals surface area contributed by atoms with Gasteiger partial charge in [-0.25, -0.2) is 4.18 Å². The molecule has 2 aromatic rings. The highest BCUT2D eigenvalue weighted by atomic mass is 32.2. The Morgan fingerprint density at radius 1 is 1.04 bits per heavy atom. The second-order valence-electron chi connectivity index (χ2n) is 5.33. The summed E-state index contributed by atoms with van der Waals surface area (Å²) in [6, 6.07) is 15.9. The maximum Gasteiger partial charge on any atom is 0.299 e. The van der Waals surface area contributed by atoms with Gasteiger partial charge in [0.15, 0.2) is 12.6 Å². The second-order valence-corrected chi connectivity index (χ2v) is 6.90. The molecular formula is C17H18O5S. The molecule has 1 heterocycles. The Bertz CT molecular complexity index is 740. The van der Waals surface area contributed by atoms with Crippen molar-refractivity contribution in [1.29, 1.82) is 0 Å². The van der Waals surface area contributed by atoms with Crippen LogP contribution in [0.25, 0.3) is 0 Å². The summed E-state index contributed by atoms with van der Waals surface area (Å²) in [7, 11) is -3.86. The highest BCUT2D eigenvalue weighted by Gasteiger charge is 2.29. The van der Waals surface area contributed by atoms with Gasteiger partial charge in [-0.2, -0.15) is 8.42 Å². The topological polar surface area (TPSA) is 61.8 Å². The highest BCUT2D eigenvalue weighted by molar-refractivity contribution is 7.86. The SMILES string of the molecule is Cc1ccc(S(=O)(=O)O[C@@H]2CCO[C@H](c3ccccc3)O2)cc1. The van der Waals surface area contributed by atoms with Crippen molar-refractivity contribution in [2.45, 2.75) is 30.8 Å². The maximum absolute atomic E-state index is 12.3. The Morgan fingerprint density at radius 3 is 2.43 bits per heavy atom. The molecule has 3 rings (SSSR count). The molecule has 1 saturated heterocycles. The average Bonchev–Trinajstić information content (AvgIpc) is 2.56. The third-order valence-electron chi connectivity index (χ3n) is 3.51. The van der Waals surface area contributed by atoms with Crippen molar-refractivity contribution in [3.63, 3.8) is 0 Å². The standard InChI is InChI=1S/C17H18O5S/c1-13-7-9-15(10-8-13)23(18,19)22-16-11-12-20-17(21-16)14-5-3-2-4-6-14/h2-10,16-17H,11-12H2,1H3/t16-,17+/m1/s1. The molecule has 1 aliphatic heterocycles. The van der Waals surface area contributed by atoms with E-state index in [4.69, 9.17) is 13.7 Å². The van der Waals surface area contributed by atoms with E-state index < -0.39 is 22.7 Å². The minimum atomic E-state index is -3.86. The van der Waals surface area contributed by atoms with Gasteiger partial charge in [0.25, 0.3) is 10.1 Å². The van der Waals surface area contributed by atoms with Crippen LogP contribution in [-0.4, -0.2) is 21.3 Å². The molecule has 0 radical (unpaired) electrons. The first kappa shape index (κ1) is 16.1. The number of hydrogen-bond donors (Lipinski definition) is 0. The molecule has 122 valence electrons. The summed E-state index contributed by atoms with van der Waals surface area (Å²) >= 11 is 0. The molecule has 1 fully saturated rings. The zero-order chi connectivity index (χ0) is 16.3. The van der Waals surface area contributed by atoms with Crippen LogP contribution < -0.4 is 0 Å². The van der Waals surface area contributed by atoms with E-state index in [1.54, 1.807) is 12.1 Å². The van der Waals surface area contributed by atoms with Crippen LogP contribution in [0.15, 0.2) is 59.5 Å². The van der Waals surface area contributed by atoms with E-state index in [1.807, 2.05) is 37.3 Å². The summed E-state index contributed by atoms with van der Waals surface area (Å²) in [4.78, 5) is 0.120. The third kappa shape index (κ3) is 3.97. The zero-order valence-electron chi connectivity index (χ0n) is 12.7. The molecule has 0 saturated carbocycles. The van der Waals surface area contributed by atoms with E-state index in [9.17, 15) is 8.42 Å². The van der Waals surface area contributed by atoms with Crippen LogP contribution >= 0.6 is 0 Å². The number of aryl methyl sites for hydroxylation is 1. The van der Waals surface area contributed by atoms with Crippen LogP contribution in [0.2, 0.25) is 0 Å². The van der Waals surface area contributed by atoms with Crippen molar-refractivity contribution in [3.8, 4) is 0 Å². The Balaban J connectivity index is 1.71. The summed E-state index contributed by atoms with van der Waals surface area (Å²) in [5, 5.41) is 0. The summed E-state index contributed by atoms with van der Waals surface area (Å²) in [6.07, 6.45) is -1.13. The van der Waals surface area contributed by atoms with E-state index >= 15 is 0 Å². The lowest BCUT2D eigenvalue weighted by Gasteiger charge is -2.29. The predicted octanol–water partition coefficient (Wildman–Crippen LogP) is 3.16. The molecule has 23 heavy (non-hydrogen) atoms. The molecule has 0 amide bonds. The second kappa shape index (κ2) is 6.80. The highest BCUT2D eigenvalue weighted by Crippen LogP contribution is 2.28. The molecule has 2 atom stereocenters. The van der Waals surface area contributed by atoms with Gasteiger partial charge in [-0.3, -0.25) is 0 Å². The number of benzene rings is 2. The number of hydrogen-bond acceptors (Lipinski definition) is 5. The van der Waals surface area contributed by atoms with Crippen LogP contribution in [-0.2, 0) is 23.8 Å². The van der Waals surface area contributed by atoms with Gasteiger partial charge in [-0.05, 0) is 19.1 Å². The minimum Gasteiger partial charge on any atom is -0.348 e. The zero-order valence-corrected chi connectivity index (χ0v) is 13.5. The average molecular weight is 334 g/mol. The van der Waals surface area contributed by atoms with Gasteiger partial charge in [0.1, 0.15) is 0 Å². The summed E-state index contributed by atoms with van der Waals surface area (Å²) in [5.41, 5.74) is 1.81. The first-order valence-electron chi connectivity index (χ1n) is 7.36. The first-order valence-corrected chi connectivity index (χ1v) is 8.77. The van der Waals surface area contributed by atoms with Crippen molar-refractivity contribution in [2.24, 2.45) is 0 Å². The van der Waals surface area contributed by atoms with E-state index in [2.05, 4.69) is 0 Å².